The standard InChI is InChI=1S/C18H20N4O2S/c19-14(12-13-4-3-11-24-13)17(23)21-7-9-22(10-8-21)18-20-15-5-1-2-6-16(15)25-18/h1-6,11,14H,7-10,12,19H2/t14-/m1/s1. The van der Waals surface area contributed by atoms with Gasteiger partial charge in [0.2, 0.25) is 5.91 Å². The van der Waals surface area contributed by atoms with Crippen molar-refractivity contribution in [3.05, 3.63) is 48.4 Å². The Morgan fingerprint density at radius 1 is 1.20 bits per heavy atom. The largest absolute Gasteiger partial charge is 0.469 e. The number of thiazole rings is 1. The van der Waals surface area contributed by atoms with E-state index in [2.05, 4.69) is 11.0 Å². The number of aromatic nitrogens is 1. The first-order valence-corrected chi connectivity index (χ1v) is 9.19. The quantitative estimate of drug-likeness (QED) is 0.775. The Kier molecular flexibility index (Phi) is 4.42. The van der Waals surface area contributed by atoms with Crippen molar-refractivity contribution in [3.63, 3.8) is 0 Å². The molecule has 7 heteroatoms. The highest BCUT2D eigenvalue weighted by Gasteiger charge is 2.27. The van der Waals surface area contributed by atoms with Gasteiger partial charge >= 0.3 is 0 Å². The van der Waals surface area contributed by atoms with Gasteiger partial charge in [0.05, 0.1) is 22.5 Å². The number of amides is 1. The van der Waals surface area contributed by atoms with Crippen molar-refractivity contribution >= 4 is 32.6 Å². The highest BCUT2D eigenvalue weighted by atomic mass is 32.1. The molecule has 130 valence electrons. The van der Waals surface area contributed by atoms with Crippen molar-refractivity contribution in [1.82, 2.24) is 9.88 Å². The lowest BCUT2D eigenvalue weighted by atomic mass is 10.1. The molecule has 0 radical (unpaired) electrons. The van der Waals surface area contributed by atoms with E-state index in [9.17, 15) is 4.79 Å². The van der Waals surface area contributed by atoms with Gasteiger partial charge in [-0.15, -0.1) is 0 Å². The molecule has 2 aromatic heterocycles. The first-order valence-electron chi connectivity index (χ1n) is 8.38. The fourth-order valence-corrected chi connectivity index (χ4v) is 4.10. The third-order valence-electron chi connectivity index (χ3n) is 4.46. The number of para-hydroxylation sites is 1. The fraction of sp³-hybridized carbons (Fsp3) is 0.333. The fourth-order valence-electron chi connectivity index (χ4n) is 3.08. The predicted molar refractivity (Wildman–Crippen MR) is 98.8 cm³/mol. The van der Waals surface area contributed by atoms with E-state index in [0.717, 1.165) is 29.5 Å². The summed E-state index contributed by atoms with van der Waals surface area (Å²) in [5, 5.41) is 1.02. The van der Waals surface area contributed by atoms with Crippen LogP contribution in [0.1, 0.15) is 5.76 Å². The van der Waals surface area contributed by atoms with E-state index < -0.39 is 6.04 Å². The maximum Gasteiger partial charge on any atom is 0.240 e. The monoisotopic (exact) mass is 356 g/mol. The second-order valence-corrected chi connectivity index (χ2v) is 7.18. The van der Waals surface area contributed by atoms with Crippen LogP contribution in [-0.2, 0) is 11.2 Å². The summed E-state index contributed by atoms with van der Waals surface area (Å²) >= 11 is 1.70. The number of carbonyl (C=O) groups is 1. The van der Waals surface area contributed by atoms with Gasteiger partial charge in [-0.25, -0.2) is 4.98 Å². The molecule has 1 aliphatic rings. The Morgan fingerprint density at radius 3 is 2.72 bits per heavy atom. The molecule has 3 aromatic rings. The molecule has 0 bridgehead atoms. The lowest BCUT2D eigenvalue weighted by Gasteiger charge is -2.35. The summed E-state index contributed by atoms with van der Waals surface area (Å²) in [6.45, 7) is 2.89. The molecule has 4 rings (SSSR count). The SMILES string of the molecule is N[C@H](Cc1ccco1)C(=O)N1CCN(c2nc3ccccc3s2)CC1. The minimum absolute atomic E-state index is 0.0136. The highest BCUT2D eigenvalue weighted by molar-refractivity contribution is 7.22. The van der Waals surface area contributed by atoms with Crippen LogP contribution in [0.4, 0.5) is 5.13 Å². The molecular weight excluding hydrogens is 336 g/mol. The summed E-state index contributed by atoms with van der Waals surface area (Å²) in [5.74, 6) is 0.731. The van der Waals surface area contributed by atoms with Gasteiger partial charge in [0.15, 0.2) is 5.13 Å². The van der Waals surface area contributed by atoms with Crippen molar-refractivity contribution < 1.29 is 9.21 Å². The second kappa shape index (κ2) is 6.85. The van der Waals surface area contributed by atoms with Crippen LogP contribution in [0.2, 0.25) is 0 Å². The third-order valence-corrected chi connectivity index (χ3v) is 5.56. The van der Waals surface area contributed by atoms with Crippen LogP contribution in [0.15, 0.2) is 47.1 Å². The third kappa shape index (κ3) is 3.38. The lowest BCUT2D eigenvalue weighted by molar-refractivity contribution is -0.132. The number of hydrogen-bond donors (Lipinski definition) is 1. The van der Waals surface area contributed by atoms with Crippen molar-refractivity contribution in [1.29, 1.82) is 0 Å². The number of fused-ring (bicyclic) bond motifs is 1. The summed E-state index contributed by atoms with van der Waals surface area (Å²) in [6, 6.07) is 11.2. The molecule has 1 aromatic carbocycles. The van der Waals surface area contributed by atoms with Gasteiger partial charge in [-0.2, -0.15) is 0 Å². The smallest absolute Gasteiger partial charge is 0.240 e. The zero-order valence-corrected chi connectivity index (χ0v) is 14.6. The number of anilines is 1. The van der Waals surface area contributed by atoms with Crippen LogP contribution < -0.4 is 10.6 Å². The lowest BCUT2D eigenvalue weighted by Crippen LogP contribution is -2.53. The maximum atomic E-state index is 12.5. The van der Waals surface area contributed by atoms with E-state index in [1.54, 1.807) is 17.6 Å². The first kappa shape index (κ1) is 16.1. The van der Waals surface area contributed by atoms with Gasteiger partial charge in [-0.05, 0) is 24.3 Å². The Labute approximate surface area is 149 Å². The van der Waals surface area contributed by atoms with E-state index in [0.29, 0.717) is 19.5 Å². The van der Waals surface area contributed by atoms with E-state index >= 15 is 0 Å². The van der Waals surface area contributed by atoms with Crippen LogP contribution in [0.5, 0.6) is 0 Å². The summed E-state index contributed by atoms with van der Waals surface area (Å²) in [5.41, 5.74) is 7.09. The molecule has 3 heterocycles. The summed E-state index contributed by atoms with van der Waals surface area (Å²) in [4.78, 5) is 21.3. The average molecular weight is 356 g/mol. The van der Waals surface area contributed by atoms with Crippen LogP contribution in [-0.4, -0.2) is 48.0 Å². The molecule has 1 atom stereocenters. The molecule has 25 heavy (non-hydrogen) atoms. The van der Waals surface area contributed by atoms with E-state index in [1.807, 2.05) is 35.2 Å². The number of piperazine rings is 1. The van der Waals surface area contributed by atoms with Gasteiger partial charge in [0.1, 0.15) is 5.76 Å². The highest BCUT2D eigenvalue weighted by Crippen LogP contribution is 2.29. The first-order chi connectivity index (χ1) is 12.2. The van der Waals surface area contributed by atoms with E-state index in [1.165, 1.54) is 4.70 Å². The van der Waals surface area contributed by atoms with Gasteiger partial charge in [-0.1, -0.05) is 23.5 Å². The van der Waals surface area contributed by atoms with E-state index in [-0.39, 0.29) is 5.91 Å². The Hall–Kier alpha value is -2.38. The molecule has 0 saturated carbocycles. The van der Waals surface area contributed by atoms with Crippen molar-refractivity contribution in [2.24, 2.45) is 5.73 Å². The number of nitrogens with zero attached hydrogens (tertiary/aromatic N) is 3. The van der Waals surface area contributed by atoms with Gasteiger partial charge in [-0.3, -0.25) is 4.79 Å². The summed E-state index contributed by atoms with van der Waals surface area (Å²) in [6.07, 6.45) is 2.03. The number of hydrogen-bond acceptors (Lipinski definition) is 6. The van der Waals surface area contributed by atoms with E-state index in [4.69, 9.17) is 15.1 Å². The number of benzene rings is 1. The molecule has 6 nitrogen and oxygen atoms in total. The van der Waals surface area contributed by atoms with Crippen molar-refractivity contribution in [2.45, 2.75) is 12.5 Å². The van der Waals surface area contributed by atoms with Crippen molar-refractivity contribution in [2.75, 3.05) is 31.1 Å². The number of nitrogens with two attached hydrogens (primary N) is 1. The topological polar surface area (TPSA) is 75.6 Å². The number of rotatable bonds is 4. The minimum atomic E-state index is -0.555. The molecule has 2 N–H and O–H groups in total. The van der Waals surface area contributed by atoms with Crippen molar-refractivity contribution in [3.8, 4) is 0 Å². The molecule has 0 aliphatic carbocycles. The average Bonchev–Trinajstić information content (AvgIpc) is 3.30. The van der Waals surface area contributed by atoms with Crippen LogP contribution >= 0.6 is 11.3 Å². The van der Waals surface area contributed by atoms with Gasteiger partial charge in [0, 0.05) is 32.6 Å². The molecule has 1 amide bonds. The number of furan rings is 1. The predicted octanol–water partition coefficient (Wildman–Crippen LogP) is 2.11. The molecular formula is C18H20N4O2S. The summed E-state index contributed by atoms with van der Waals surface area (Å²) in [7, 11) is 0. The summed E-state index contributed by atoms with van der Waals surface area (Å²) < 4.78 is 6.47. The molecule has 1 fully saturated rings. The van der Waals surface area contributed by atoms with Crippen LogP contribution in [0, 0.1) is 0 Å². The molecule has 0 spiro atoms. The second-order valence-electron chi connectivity index (χ2n) is 6.17. The number of carbonyl (C=O) groups excluding carboxylic acids is 1. The Balaban J connectivity index is 1.36. The van der Waals surface area contributed by atoms with Crippen LogP contribution in [0.25, 0.3) is 10.2 Å². The Morgan fingerprint density at radius 2 is 2.00 bits per heavy atom. The zero-order chi connectivity index (χ0) is 17.2. The van der Waals surface area contributed by atoms with Gasteiger partial charge in [0.25, 0.3) is 0 Å². The Bertz CT molecular complexity index is 820. The van der Waals surface area contributed by atoms with Crippen LogP contribution in [0.3, 0.4) is 0 Å². The molecule has 1 aliphatic heterocycles. The minimum Gasteiger partial charge on any atom is -0.469 e. The van der Waals surface area contributed by atoms with Gasteiger partial charge < -0.3 is 20.0 Å². The molecule has 0 unspecified atom stereocenters. The maximum absolute atomic E-state index is 12.5. The normalized spacial score (nSPS) is 16.4. The molecule has 1 saturated heterocycles. The zero-order valence-electron chi connectivity index (χ0n) is 13.8.